The smallest absolute Gasteiger partial charge is 0.0505 e. The minimum atomic E-state index is 0.678. The third-order valence-electron chi connectivity index (χ3n) is 11.6. The number of hydrogen-bond donors (Lipinski definition) is 0. The fourth-order valence-electron chi connectivity index (χ4n) is 8.30. The molecule has 0 heterocycles. The van der Waals surface area contributed by atoms with Crippen molar-refractivity contribution in [2.75, 3.05) is 9.80 Å². The van der Waals surface area contributed by atoms with Crippen LogP contribution < -0.4 is 9.80 Å². The molecule has 0 aliphatic carbocycles. The van der Waals surface area contributed by atoms with Gasteiger partial charge in [-0.2, -0.15) is 0 Å². The number of nitrogens with zero attached hydrogens (tertiary/aromatic N) is 2. The van der Waals surface area contributed by atoms with Crippen molar-refractivity contribution in [1.29, 1.82) is 0 Å². The van der Waals surface area contributed by atoms with Gasteiger partial charge < -0.3 is 9.80 Å². The highest BCUT2D eigenvalue weighted by molar-refractivity contribution is 6.33. The molecule has 0 amide bonds. The molecule has 10 aromatic carbocycles. The molecule has 63 heavy (non-hydrogen) atoms. The summed E-state index contributed by atoms with van der Waals surface area (Å²) in [6, 6.07) is 92.2. The van der Waals surface area contributed by atoms with Gasteiger partial charge in [0.05, 0.1) is 5.02 Å². The molecule has 10 aromatic rings. The van der Waals surface area contributed by atoms with Crippen LogP contribution in [0.15, 0.2) is 261 Å². The van der Waals surface area contributed by atoms with Crippen molar-refractivity contribution in [2.24, 2.45) is 0 Å². The van der Waals surface area contributed by atoms with Crippen molar-refractivity contribution < 1.29 is 0 Å². The van der Waals surface area contributed by atoms with Crippen molar-refractivity contribution in [3.63, 3.8) is 0 Å². The number of rotatable bonds is 11. The molecule has 0 bridgehead atoms. The molecule has 3 heteroatoms. The van der Waals surface area contributed by atoms with Crippen LogP contribution in [0.2, 0.25) is 5.02 Å². The Balaban J connectivity index is 0.978. The van der Waals surface area contributed by atoms with E-state index in [4.69, 9.17) is 11.6 Å². The van der Waals surface area contributed by atoms with Crippen molar-refractivity contribution >= 4 is 45.7 Å². The third-order valence-corrected chi connectivity index (χ3v) is 11.9. The van der Waals surface area contributed by atoms with Crippen molar-refractivity contribution in [2.45, 2.75) is 0 Å². The van der Waals surface area contributed by atoms with Gasteiger partial charge in [0.1, 0.15) is 0 Å². The molecule has 10 rings (SSSR count). The first-order valence-electron chi connectivity index (χ1n) is 21.3. The fourth-order valence-corrected chi connectivity index (χ4v) is 8.58. The fraction of sp³-hybridized carbons (Fsp3) is 0. The van der Waals surface area contributed by atoms with E-state index in [-0.39, 0.29) is 0 Å². The molecule has 0 saturated carbocycles. The van der Waals surface area contributed by atoms with Crippen LogP contribution >= 0.6 is 11.6 Å². The summed E-state index contributed by atoms with van der Waals surface area (Å²) in [5.41, 5.74) is 17.7. The van der Waals surface area contributed by atoms with Crippen LogP contribution in [0.1, 0.15) is 0 Å². The maximum Gasteiger partial charge on any atom is 0.0505 e. The number of halogens is 1. The molecule has 0 unspecified atom stereocenters. The largest absolute Gasteiger partial charge is 0.311 e. The number of benzene rings is 10. The molecule has 2 nitrogen and oxygen atoms in total. The second kappa shape index (κ2) is 18.0. The Morgan fingerprint density at radius 3 is 0.698 bits per heavy atom. The van der Waals surface area contributed by atoms with Crippen LogP contribution in [0.3, 0.4) is 0 Å². The minimum absolute atomic E-state index is 0.678. The van der Waals surface area contributed by atoms with Gasteiger partial charge in [-0.05, 0) is 123 Å². The van der Waals surface area contributed by atoms with Crippen molar-refractivity contribution in [3.05, 3.63) is 266 Å². The summed E-state index contributed by atoms with van der Waals surface area (Å²) in [5.74, 6) is 0. The quantitative estimate of drug-likeness (QED) is 0.128. The summed E-state index contributed by atoms with van der Waals surface area (Å²) in [5, 5.41) is 0.678. The zero-order valence-electron chi connectivity index (χ0n) is 34.6. The lowest BCUT2D eigenvalue weighted by atomic mass is 10.0. The van der Waals surface area contributed by atoms with Gasteiger partial charge in [-0.25, -0.2) is 0 Å². The van der Waals surface area contributed by atoms with Crippen LogP contribution in [-0.4, -0.2) is 0 Å². The molecule has 0 N–H and O–H groups in total. The SMILES string of the molecule is Clc1cc(N(c2ccc(-c3ccccc3)cc2)c2ccc(-c3ccccc3)cc2)ccc1-c1ccc(N(c2ccc(-c3ccccc3)cc2)c2ccc(-c3ccccc3)cc2)cc1. The van der Waals surface area contributed by atoms with Crippen molar-refractivity contribution in [3.8, 4) is 55.6 Å². The summed E-state index contributed by atoms with van der Waals surface area (Å²) >= 11 is 7.28. The van der Waals surface area contributed by atoms with Gasteiger partial charge in [0, 0.05) is 39.7 Å². The molecule has 0 atom stereocenters. The minimum Gasteiger partial charge on any atom is -0.311 e. The summed E-state index contributed by atoms with van der Waals surface area (Å²) < 4.78 is 0. The summed E-state index contributed by atoms with van der Waals surface area (Å²) in [6.45, 7) is 0. The van der Waals surface area contributed by atoms with Gasteiger partial charge in [-0.15, -0.1) is 0 Å². The Morgan fingerprint density at radius 1 is 0.206 bits per heavy atom. The van der Waals surface area contributed by atoms with E-state index in [0.29, 0.717) is 5.02 Å². The normalized spacial score (nSPS) is 10.9. The Kier molecular flexibility index (Phi) is 11.2. The topological polar surface area (TPSA) is 6.48 Å². The summed E-state index contributed by atoms with van der Waals surface area (Å²) in [6.07, 6.45) is 0. The van der Waals surface area contributed by atoms with Crippen LogP contribution in [0, 0.1) is 0 Å². The lowest BCUT2D eigenvalue weighted by Gasteiger charge is -2.27. The average molecular weight is 827 g/mol. The molecule has 300 valence electrons. The standard InChI is InChI=1S/C60H43ClN2/c61-60-43-58(63(56-35-25-50(26-36-56)46-17-9-3-10-18-46)57-37-27-51(28-38-57)47-19-11-4-12-20-47)41-42-59(60)52-29-39-55(40-30-52)62(53-31-21-48(22-32-53)44-13-5-1-6-14-44)54-33-23-49(24-34-54)45-15-7-2-8-16-45/h1-43H. The second-order valence-corrected chi connectivity index (χ2v) is 15.9. The zero-order valence-corrected chi connectivity index (χ0v) is 35.4. The Bertz CT molecular complexity index is 2880. The maximum absolute atomic E-state index is 7.28. The van der Waals surface area contributed by atoms with E-state index in [0.717, 1.165) is 45.3 Å². The Morgan fingerprint density at radius 2 is 0.429 bits per heavy atom. The predicted molar refractivity (Wildman–Crippen MR) is 268 cm³/mol. The van der Waals surface area contributed by atoms with E-state index >= 15 is 0 Å². The van der Waals surface area contributed by atoms with E-state index in [1.54, 1.807) is 0 Å². The average Bonchev–Trinajstić information content (AvgIpc) is 3.36. The molecular formula is C60H43ClN2. The molecule has 0 aliphatic rings. The van der Waals surface area contributed by atoms with Gasteiger partial charge in [-0.1, -0.05) is 200 Å². The molecule has 0 saturated heterocycles. The summed E-state index contributed by atoms with van der Waals surface area (Å²) in [4.78, 5) is 4.58. The van der Waals surface area contributed by atoms with Crippen LogP contribution in [0.4, 0.5) is 34.1 Å². The maximum atomic E-state index is 7.28. The van der Waals surface area contributed by atoms with Gasteiger partial charge in [0.25, 0.3) is 0 Å². The van der Waals surface area contributed by atoms with E-state index in [1.165, 1.54) is 44.5 Å². The number of hydrogen-bond acceptors (Lipinski definition) is 2. The molecule has 0 fully saturated rings. The predicted octanol–water partition coefficient (Wildman–Crippen LogP) is 17.6. The number of anilines is 6. The monoisotopic (exact) mass is 826 g/mol. The lowest BCUT2D eigenvalue weighted by molar-refractivity contribution is 1.28. The Hall–Kier alpha value is -7.91. The molecule has 0 radical (unpaired) electrons. The summed E-state index contributed by atoms with van der Waals surface area (Å²) in [7, 11) is 0. The first-order chi connectivity index (χ1) is 31.1. The van der Waals surface area contributed by atoms with Crippen LogP contribution in [-0.2, 0) is 0 Å². The Labute approximate surface area is 375 Å². The van der Waals surface area contributed by atoms with Crippen molar-refractivity contribution in [1.82, 2.24) is 0 Å². The first kappa shape index (κ1) is 39.2. The zero-order chi connectivity index (χ0) is 42.4. The molecule has 0 aromatic heterocycles. The van der Waals surface area contributed by atoms with Gasteiger partial charge >= 0.3 is 0 Å². The van der Waals surface area contributed by atoms with E-state index < -0.39 is 0 Å². The third kappa shape index (κ3) is 8.54. The highest BCUT2D eigenvalue weighted by atomic mass is 35.5. The van der Waals surface area contributed by atoms with Crippen LogP contribution in [0.25, 0.3) is 55.6 Å². The highest BCUT2D eigenvalue weighted by Gasteiger charge is 2.18. The first-order valence-corrected chi connectivity index (χ1v) is 21.6. The molecule has 0 spiro atoms. The molecular weight excluding hydrogens is 784 g/mol. The van der Waals surface area contributed by atoms with Gasteiger partial charge in [0.15, 0.2) is 0 Å². The van der Waals surface area contributed by atoms with E-state index in [9.17, 15) is 0 Å². The van der Waals surface area contributed by atoms with Crippen LogP contribution in [0.5, 0.6) is 0 Å². The molecule has 0 aliphatic heterocycles. The van der Waals surface area contributed by atoms with Gasteiger partial charge in [-0.3, -0.25) is 0 Å². The van der Waals surface area contributed by atoms with E-state index in [2.05, 4.69) is 259 Å². The van der Waals surface area contributed by atoms with Gasteiger partial charge in [0.2, 0.25) is 0 Å². The lowest BCUT2D eigenvalue weighted by Crippen LogP contribution is -2.10. The van der Waals surface area contributed by atoms with E-state index in [1.807, 2.05) is 12.1 Å². The highest BCUT2D eigenvalue weighted by Crippen LogP contribution is 2.42. The second-order valence-electron chi connectivity index (χ2n) is 15.5.